The number of piperidine rings is 2. The van der Waals surface area contributed by atoms with E-state index in [0.29, 0.717) is 6.54 Å². The molecule has 1 unspecified atom stereocenters. The summed E-state index contributed by atoms with van der Waals surface area (Å²) in [6.07, 6.45) is 7.21. The van der Waals surface area contributed by atoms with Gasteiger partial charge in [-0.1, -0.05) is 10.5 Å². The number of hydrogen-bond donors (Lipinski definition) is 0. The molecular formula is C15H24N2O2S. The number of fused-ring (bicyclic) bond motifs is 3. The first-order valence-corrected chi connectivity index (χ1v) is 8.30. The lowest BCUT2D eigenvalue weighted by Gasteiger charge is -2.51. The lowest BCUT2D eigenvalue weighted by Crippen LogP contribution is -2.62. The third-order valence-corrected chi connectivity index (χ3v) is 5.57. The average Bonchev–Trinajstić information content (AvgIpc) is 2.40. The molecule has 1 amide bonds. The van der Waals surface area contributed by atoms with E-state index in [4.69, 9.17) is 0 Å². The monoisotopic (exact) mass is 296 g/mol. The van der Waals surface area contributed by atoms with Gasteiger partial charge in [0.2, 0.25) is 5.91 Å². The van der Waals surface area contributed by atoms with Crippen LogP contribution in [0.2, 0.25) is 0 Å². The van der Waals surface area contributed by atoms with Crippen LogP contribution < -0.4 is 0 Å². The Morgan fingerprint density at radius 2 is 2.10 bits per heavy atom. The zero-order chi connectivity index (χ0) is 15.0. The van der Waals surface area contributed by atoms with Crippen LogP contribution in [0.5, 0.6) is 0 Å². The summed E-state index contributed by atoms with van der Waals surface area (Å²) in [7, 11) is 0. The summed E-state index contributed by atoms with van der Waals surface area (Å²) in [4.78, 5) is 14.2. The van der Waals surface area contributed by atoms with Crippen LogP contribution in [-0.4, -0.2) is 38.4 Å². The first-order chi connectivity index (χ1) is 9.30. The van der Waals surface area contributed by atoms with Crippen molar-refractivity contribution in [2.75, 3.05) is 6.54 Å². The highest BCUT2D eigenvalue weighted by atomic mass is 32.2. The molecule has 3 fully saturated rings. The number of nitrogens with zero attached hydrogens (tertiary/aromatic N) is 2. The second-order valence-corrected chi connectivity index (χ2v) is 8.65. The van der Waals surface area contributed by atoms with Gasteiger partial charge in [0.15, 0.2) is 0 Å². The molecule has 2 saturated heterocycles. The Morgan fingerprint density at radius 1 is 1.50 bits per heavy atom. The molecule has 0 radical (unpaired) electrons. The van der Waals surface area contributed by atoms with E-state index in [-0.39, 0.29) is 22.1 Å². The van der Waals surface area contributed by atoms with Crippen molar-refractivity contribution in [1.82, 2.24) is 4.90 Å². The van der Waals surface area contributed by atoms with Gasteiger partial charge in [0.05, 0.1) is 11.8 Å². The van der Waals surface area contributed by atoms with Crippen molar-refractivity contribution < 1.29 is 9.35 Å². The first-order valence-electron chi connectivity index (χ1n) is 7.20. The summed E-state index contributed by atoms with van der Waals surface area (Å²) in [5.41, 5.74) is -0.346. The van der Waals surface area contributed by atoms with Crippen LogP contribution in [0.1, 0.15) is 46.5 Å². The van der Waals surface area contributed by atoms with Gasteiger partial charge in [0.25, 0.3) is 0 Å². The molecule has 0 N–H and O–H groups in total. The van der Waals surface area contributed by atoms with Crippen LogP contribution in [0, 0.1) is 5.92 Å². The zero-order valence-corrected chi connectivity index (χ0v) is 13.4. The summed E-state index contributed by atoms with van der Waals surface area (Å²) < 4.78 is 16.0. The Kier molecular flexibility index (Phi) is 4.30. The number of carbonyl (C=O) groups is 1. The highest BCUT2D eigenvalue weighted by molar-refractivity contribution is 7.91. The van der Waals surface area contributed by atoms with Crippen LogP contribution in [0.25, 0.3) is 0 Å². The van der Waals surface area contributed by atoms with Crippen LogP contribution in [0.4, 0.5) is 0 Å². The maximum absolute atomic E-state index is 12.4. The predicted octanol–water partition coefficient (Wildman–Crippen LogP) is 2.48. The molecule has 20 heavy (non-hydrogen) atoms. The fraction of sp³-hybridized carbons (Fsp3) is 0.733. The molecule has 2 aliphatic heterocycles. The van der Waals surface area contributed by atoms with E-state index in [1.165, 1.54) is 0 Å². The zero-order valence-electron chi connectivity index (χ0n) is 12.6. The quantitative estimate of drug-likeness (QED) is 0.454. The van der Waals surface area contributed by atoms with Gasteiger partial charge >= 0.3 is 0 Å². The van der Waals surface area contributed by atoms with Gasteiger partial charge in [-0.25, -0.2) is 0 Å². The van der Waals surface area contributed by atoms with E-state index in [1.54, 1.807) is 12.3 Å². The molecule has 0 spiro atoms. The fourth-order valence-corrected chi connectivity index (χ4v) is 3.59. The smallest absolute Gasteiger partial charge is 0.226 e. The summed E-state index contributed by atoms with van der Waals surface area (Å²) >= 11 is -1.27. The third kappa shape index (κ3) is 2.79. The third-order valence-electron chi connectivity index (χ3n) is 4.23. The SMILES string of the molecule is C=CCN1C(=O)C2CCC1(/C=N\[S+]([O-])C(C)(C)C)CC2. The van der Waals surface area contributed by atoms with Gasteiger partial charge in [-0.2, -0.15) is 0 Å². The first kappa shape index (κ1) is 15.6. The van der Waals surface area contributed by atoms with Crippen molar-refractivity contribution in [3.05, 3.63) is 12.7 Å². The van der Waals surface area contributed by atoms with Gasteiger partial charge in [-0.15, -0.1) is 6.58 Å². The molecule has 0 aromatic rings. The van der Waals surface area contributed by atoms with Gasteiger partial charge in [-0.05, 0) is 46.5 Å². The van der Waals surface area contributed by atoms with Gasteiger partial charge in [0, 0.05) is 12.5 Å². The Hall–Kier alpha value is -0.810. The molecule has 3 aliphatic rings. The predicted molar refractivity (Wildman–Crippen MR) is 83.0 cm³/mol. The molecular weight excluding hydrogens is 272 g/mol. The van der Waals surface area contributed by atoms with E-state index in [9.17, 15) is 9.35 Å². The molecule has 2 heterocycles. The molecule has 4 nitrogen and oxygen atoms in total. The summed E-state index contributed by atoms with van der Waals surface area (Å²) in [5.74, 6) is 0.369. The normalized spacial score (nSPS) is 31.9. The second-order valence-electron chi connectivity index (χ2n) is 6.71. The largest absolute Gasteiger partial charge is 0.591 e. The number of hydrogen-bond acceptors (Lipinski definition) is 3. The second kappa shape index (κ2) is 5.53. The Bertz CT molecular complexity index is 420. The Balaban J connectivity index is 2.23. The molecule has 2 bridgehead atoms. The highest BCUT2D eigenvalue weighted by Gasteiger charge is 2.50. The molecule has 112 valence electrons. The number of carbonyl (C=O) groups excluding carboxylic acids is 1. The molecule has 0 aromatic carbocycles. The molecule has 3 rings (SSSR count). The minimum absolute atomic E-state index is 0.165. The lowest BCUT2D eigenvalue weighted by atomic mass is 9.70. The highest BCUT2D eigenvalue weighted by Crippen LogP contribution is 2.43. The lowest BCUT2D eigenvalue weighted by molar-refractivity contribution is -0.149. The van der Waals surface area contributed by atoms with Crippen molar-refractivity contribution in [1.29, 1.82) is 0 Å². The summed E-state index contributed by atoms with van der Waals surface area (Å²) in [6.45, 7) is 10.0. The topological polar surface area (TPSA) is 55.7 Å². The Morgan fingerprint density at radius 3 is 2.60 bits per heavy atom. The average molecular weight is 296 g/mol. The number of rotatable bonds is 4. The molecule has 0 aromatic heterocycles. The number of amides is 1. The van der Waals surface area contributed by atoms with E-state index in [1.807, 2.05) is 25.7 Å². The molecule has 5 heteroatoms. The van der Waals surface area contributed by atoms with Crippen LogP contribution in [0.3, 0.4) is 0 Å². The van der Waals surface area contributed by atoms with Crippen LogP contribution >= 0.6 is 0 Å². The Labute approximate surface area is 124 Å². The fourth-order valence-electron chi connectivity index (χ4n) is 2.98. The summed E-state index contributed by atoms with van der Waals surface area (Å²) in [6, 6.07) is 0. The van der Waals surface area contributed by atoms with E-state index >= 15 is 0 Å². The van der Waals surface area contributed by atoms with Crippen LogP contribution in [0.15, 0.2) is 17.1 Å². The van der Waals surface area contributed by atoms with Crippen molar-refractivity contribution in [3.63, 3.8) is 0 Å². The minimum atomic E-state index is -1.27. The van der Waals surface area contributed by atoms with Crippen molar-refractivity contribution in [3.8, 4) is 0 Å². The van der Waals surface area contributed by atoms with Crippen molar-refractivity contribution in [2.24, 2.45) is 10.3 Å². The van der Waals surface area contributed by atoms with Crippen LogP contribution in [-0.2, 0) is 16.2 Å². The molecule has 1 saturated carbocycles. The van der Waals surface area contributed by atoms with E-state index < -0.39 is 11.4 Å². The molecule has 1 atom stereocenters. The van der Waals surface area contributed by atoms with E-state index in [0.717, 1.165) is 25.7 Å². The van der Waals surface area contributed by atoms with Gasteiger partial charge in [0.1, 0.15) is 16.1 Å². The maximum atomic E-state index is 12.4. The van der Waals surface area contributed by atoms with Crippen molar-refractivity contribution >= 4 is 23.5 Å². The standard InChI is InChI=1S/C15H24N2O2S/c1-5-10-17-13(18)12-6-8-15(17,9-7-12)11-16-20(19)14(2,3)4/h5,11-12H,1,6-10H2,2-4H3/b16-11-. The van der Waals surface area contributed by atoms with Crippen molar-refractivity contribution in [2.45, 2.75) is 56.7 Å². The summed E-state index contributed by atoms with van der Waals surface area (Å²) in [5, 5.41) is 0. The minimum Gasteiger partial charge on any atom is -0.591 e. The molecule has 1 aliphatic carbocycles. The maximum Gasteiger partial charge on any atom is 0.226 e. The van der Waals surface area contributed by atoms with E-state index in [2.05, 4.69) is 11.0 Å². The van der Waals surface area contributed by atoms with Gasteiger partial charge in [-0.3, -0.25) is 4.79 Å². The van der Waals surface area contributed by atoms with Gasteiger partial charge < -0.3 is 9.45 Å².